The molecule has 37 heavy (non-hydrogen) atoms. The first kappa shape index (κ1) is 19.5. The van der Waals surface area contributed by atoms with Crippen LogP contribution in [-0.4, -0.2) is 0 Å². The molecule has 0 nitrogen and oxygen atoms in total. The summed E-state index contributed by atoms with van der Waals surface area (Å²) in [6, 6.07) is 49.8. The molecule has 0 heterocycles. The maximum atomic E-state index is 2.47. The van der Waals surface area contributed by atoms with Gasteiger partial charge in [0.25, 0.3) is 0 Å². The number of fused-ring (bicyclic) bond motifs is 10. The summed E-state index contributed by atoms with van der Waals surface area (Å²) in [4.78, 5) is 0. The van der Waals surface area contributed by atoms with Gasteiger partial charge in [0, 0.05) is 0 Å². The van der Waals surface area contributed by atoms with Gasteiger partial charge in [0.05, 0.1) is 5.41 Å². The van der Waals surface area contributed by atoms with Crippen LogP contribution in [0.4, 0.5) is 0 Å². The van der Waals surface area contributed by atoms with Crippen LogP contribution in [-0.2, 0) is 5.41 Å². The third-order valence-electron chi connectivity index (χ3n) is 8.85. The second kappa shape index (κ2) is 6.75. The standard InChI is InChI=1S/C37H22/c1-2-10-23(11-3-1)24-20-21-28-27-14-6-7-17-31(27)37(34(28)22-24)32-18-8-15-29-25-12-4-5-13-26(25)30-16-9-19-33(37)36(30)35(29)32/h1-22H. The second-order valence-corrected chi connectivity index (χ2v) is 10.4. The summed E-state index contributed by atoms with van der Waals surface area (Å²) in [5.41, 5.74) is 10.5. The SMILES string of the molecule is c1ccc(-c2ccc3c(c2)C2(c4ccccc4-3)c3cccc4c5ccccc5c5cccc2c5c34)cc1. The van der Waals surface area contributed by atoms with Gasteiger partial charge in [-0.25, -0.2) is 0 Å². The van der Waals surface area contributed by atoms with Gasteiger partial charge in [0.15, 0.2) is 0 Å². The predicted molar refractivity (Wildman–Crippen MR) is 155 cm³/mol. The molecule has 7 aromatic rings. The molecule has 0 fully saturated rings. The van der Waals surface area contributed by atoms with Gasteiger partial charge < -0.3 is 0 Å². The summed E-state index contributed by atoms with van der Waals surface area (Å²) in [6.45, 7) is 0. The second-order valence-electron chi connectivity index (χ2n) is 10.4. The van der Waals surface area contributed by atoms with E-state index in [1.165, 1.54) is 76.8 Å². The topological polar surface area (TPSA) is 0 Å². The van der Waals surface area contributed by atoms with Gasteiger partial charge in [0.1, 0.15) is 0 Å². The Morgan fingerprint density at radius 2 is 0.865 bits per heavy atom. The number of rotatable bonds is 1. The molecule has 9 rings (SSSR count). The van der Waals surface area contributed by atoms with Crippen LogP contribution in [0.25, 0.3) is 54.6 Å². The number of benzene rings is 7. The van der Waals surface area contributed by atoms with Gasteiger partial charge in [-0.05, 0) is 82.9 Å². The molecule has 0 saturated heterocycles. The van der Waals surface area contributed by atoms with Crippen LogP contribution in [0.15, 0.2) is 133 Å². The minimum atomic E-state index is -0.324. The van der Waals surface area contributed by atoms with E-state index in [1.54, 1.807) is 0 Å². The van der Waals surface area contributed by atoms with Crippen LogP contribution in [0, 0.1) is 0 Å². The fraction of sp³-hybridized carbons (Fsp3) is 0.0270. The van der Waals surface area contributed by atoms with Crippen molar-refractivity contribution in [2.24, 2.45) is 0 Å². The monoisotopic (exact) mass is 466 g/mol. The maximum Gasteiger partial charge on any atom is 0.0726 e. The van der Waals surface area contributed by atoms with Crippen molar-refractivity contribution in [2.75, 3.05) is 0 Å². The molecule has 0 amide bonds. The van der Waals surface area contributed by atoms with E-state index in [1.807, 2.05) is 0 Å². The van der Waals surface area contributed by atoms with Crippen molar-refractivity contribution in [3.8, 4) is 22.3 Å². The van der Waals surface area contributed by atoms with E-state index < -0.39 is 0 Å². The van der Waals surface area contributed by atoms with Crippen LogP contribution in [0.2, 0.25) is 0 Å². The van der Waals surface area contributed by atoms with Crippen LogP contribution in [0.3, 0.4) is 0 Å². The molecular formula is C37H22. The van der Waals surface area contributed by atoms with E-state index in [0.29, 0.717) is 0 Å². The molecule has 0 bridgehead atoms. The Morgan fingerprint density at radius 3 is 1.57 bits per heavy atom. The van der Waals surface area contributed by atoms with E-state index in [0.717, 1.165) is 0 Å². The zero-order valence-corrected chi connectivity index (χ0v) is 20.2. The first-order valence-electron chi connectivity index (χ1n) is 13.0. The van der Waals surface area contributed by atoms with E-state index in [9.17, 15) is 0 Å². The molecule has 2 aliphatic rings. The molecule has 0 aliphatic heterocycles. The molecule has 0 unspecified atom stereocenters. The lowest BCUT2D eigenvalue weighted by Crippen LogP contribution is -2.26. The Balaban J connectivity index is 1.51. The maximum absolute atomic E-state index is 2.47. The highest BCUT2D eigenvalue weighted by Crippen LogP contribution is 2.63. The Kier molecular flexibility index (Phi) is 3.56. The molecule has 0 heteroatoms. The molecule has 0 radical (unpaired) electrons. The minimum absolute atomic E-state index is 0.324. The first-order chi connectivity index (χ1) is 18.4. The summed E-state index contributed by atoms with van der Waals surface area (Å²) in [5, 5.41) is 8.22. The first-order valence-corrected chi connectivity index (χ1v) is 13.0. The average molecular weight is 467 g/mol. The third kappa shape index (κ3) is 2.21. The lowest BCUT2D eigenvalue weighted by Gasteiger charge is -2.31. The predicted octanol–water partition coefficient (Wildman–Crippen LogP) is 9.49. The Morgan fingerprint density at radius 1 is 0.324 bits per heavy atom. The van der Waals surface area contributed by atoms with Crippen LogP contribution in [0.5, 0.6) is 0 Å². The molecular weight excluding hydrogens is 444 g/mol. The van der Waals surface area contributed by atoms with E-state index >= 15 is 0 Å². The summed E-state index contributed by atoms with van der Waals surface area (Å²) in [7, 11) is 0. The summed E-state index contributed by atoms with van der Waals surface area (Å²) in [5.74, 6) is 0. The highest BCUT2D eigenvalue weighted by atomic mass is 14.5. The van der Waals surface area contributed by atoms with Crippen molar-refractivity contribution in [1.29, 1.82) is 0 Å². The fourth-order valence-electron chi connectivity index (χ4n) is 7.49. The summed E-state index contributed by atoms with van der Waals surface area (Å²) >= 11 is 0. The van der Waals surface area contributed by atoms with Gasteiger partial charge in [0.2, 0.25) is 0 Å². The molecule has 0 saturated carbocycles. The minimum Gasteiger partial charge on any atom is -0.0622 e. The quantitative estimate of drug-likeness (QED) is 0.211. The van der Waals surface area contributed by atoms with Crippen LogP contribution >= 0.6 is 0 Å². The Labute approximate surface area is 215 Å². The van der Waals surface area contributed by atoms with Crippen molar-refractivity contribution in [3.63, 3.8) is 0 Å². The fourth-order valence-corrected chi connectivity index (χ4v) is 7.49. The summed E-state index contributed by atoms with van der Waals surface area (Å²) < 4.78 is 0. The Hall–Kier alpha value is -4.68. The van der Waals surface area contributed by atoms with Crippen molar-refractivity contribution in [1.82, 2.24) is 0 Å². The van der Waals surface area contributed by atoms with E-state index in [-0.39, 0.29) is 5.41 Å². The molecule has 0 atom stereocenters. The number of hydrogen-bond acceptors (Lipinski definition) is 0. The highest BCUT2D eigenvalue weighted by Gasteiger charge is 2.50. The largest absolute Gasteiger partial charge is 0.0726 e. The number of hydrogen-bond donors (Lipinski definition) is 0. The third-order valence-corrected chi connectivity index (χ3v) is 8.85. The zero-order valence-electron chi connectivity index (χ0n) is 20.2. The van der Waals surface area contributed by atoms with Gasteiger partial charge in [-0.15, -0.1) is 0 Å². The van der Waals surface area contributed by atoms with Crippen molar-refractivity contribution < 1.29 is 0 Å². The Bertz CT molecular complexity index is 2000. The van der Waals surface area contributed by atoms with E-state index in [2.05, 4.69) is 133 Å². The average Bonchev–Trinajstić information content (AvgIpc) is 3.45. The summed E-state index contributed by atoms with van der Waals surface area (Å²) in [6.07, 6.45) is 0. The highest BCUT2D eigenvalue weighted by molar-refractivity contribution is 6.29. The molecule has 7 aromatic carbocycles. The smallest absolute Gasteiger partial charge is 0.0622 e. The van der Waals surface area contributed by atoms with E-state index in [4.69, 9.17) is 0 Å². The molecule has 1 spiro atoms. The van der Waals surface area contributed by atoms with Crippen molar-refractivity contribution in [2.45, 2.75) is 5.41 Å². The lowest BCUT2D eigenvalue weighted by molar-refractivity contribution is 0.797. The van der Waals surface area contributed by atoms with Gasteiger partial charge in [-0.3, -0.25) is 0 Å². The lowest BCUT2D eigenvalue weighted by atomic mass is 9.70. The van der Waals surface area contributed by atoms with Crippen LogP contribution < -0.4 is 0 Å². The molecule has 0 N–H and O–H groups in total. The molecule has 0 aromatic heterocycles. The normalized spacial score (nSPS) is 14.2. The van der Waals surface area contributed by atoms with Gasteiger partial charge in [-0.2, -0.15) is 0 Å². The zero-order chi connectivity index (χ0) is 24.1. The van der Waals surface area contributed by atoms with Crippen molar-refractivity contribution >= 4 is 32.3 Å². The van der Waals surface area contributed by atoms with Crippen molar-refractivity contribution in [3.05, 3.63) is 156 Å². The van der Waals surface area contributed by atoms with Gasteiger partial charge in [-0.1, -0.05) is 127 Å². The molecule has 2 aliphatic carbocycles. The van der Waals surface area contributed by atoms with Crippen LogP contribution in [0.1, 0.15) is 22.3 Å². The molecule has 170 valence electrons. The van der Waals surface area contributed by atoms with Gasteiger partial charge >= 0.3 is 0 Å².